The summed E-state index contributed by atoms with van der Waals surface area (Å²) in [5.74, 6) is 5.73. The van der Waals surface area contributed by atoms with Gasteiger partial charge in [0.15, 0.2) is 0 Å². The lowest BCUT2D eigenvalue weighted by molar-refractivity contribution is 0.225. The lowest BCUT2D eigenvalue weighted by Crippen LogP contribution is -2.38. The molecule has 1 aromatic carbocycles. The number of hydrogen-bond donors (Lipinski definition) is 2. The van der Waals surface area contributed by atoms with E-state index in [1.165, 1.54) is 25.7 Å². The Labute approximate surface area is 112 Å². The van der Waals surface area contributed by atoms with Crippen molar-refractivity contribution in [2.24, 2.45) is 11.3 Å². The van der Waals surface area contributed by atoms with Crippen LogP contribution in [0.25, 0.3) is 0 Å². The number of benzene rings is 1. The molecule has 1 saturated carbocycles. The highest BCUT2D eigenvalue weighted by atomic mass is 35.5. The number of halogens is 2. The van der Waals surface area contributed by atoms with Gasteiger partial charge in [-0.25, -0.2) is 0 Å². The van der Waals surface area contributed by atoms with E-state index in [1.54, 1.807) is 0 Å². The van der Waals surface area contributed by atoms with Crippen LogP contribution in [0.5, 0.6) is 0 Å². The van der Waals surface area contributed by atoms with Crippen LogP contribution in [-0.4, -0.2) is 0 Å². The van der Waals surface area contributed by atoms with Crippen LogP contribution in [0.1, 0.15) is 44.2 Å². The molecule has 2 rings (SSSR count). The Morgan fingerprint density at radius 2 is 1.88 bits per heavy atom. The third-order valence-electron chi connectivity index (χ3n) is 3.89. The van der Waals surface area contributed by atoms with Gasteiger partial charge in [-0.05, 0) is 36.0 Å². The van der Waals surface area contributed by atoms with Gasteiger partial charge in [-0.1, -0.05) is 49.0 Å². The molecule has 3 N–H and O–H groups in total. The van der Waals surface area contributed by atoms with Gasteiger partial charge in [0.1, 0.15) is 0 Å². The summed E-state index contributed by atoms with van der Waals surface area (Å²) in [6.07, 6.45) is 4.94. The first-order valence-corrected chi connectivity index (χ1v) is 6.73. The minimum absolute atomic E-state index is 0.139. The molecular formula is C13H18Cl2N2. The molecule has 1 fully saturated rings. The van der Waals surface area contributed by atoms with Gasteiger partial charge in [0.05, 0.1) is 16.1 Å². The molecule has 2 nitrogen and oxygen atoms in total. The van der Waals surface area contributed by atoms with E-state index in [2.05, 4.69) is 12.3 Å². The predicted molar refractivity (Wildman–Crippen MR) is 73.1 cm³/mol. The van der Waals surface area contributed by atoms with Gasteiger partial charge in [-0.3, -0.25) is 11.3 Å². The summed E-state index contributed by atoms with van der Waals surface area (Å²) in [5.41, 5.74) is 4.28. The van der Waals surface area contributed by atoms with Crippen LogP contribution < -0.4 is 11.3 Å². The average molecular weight is 273 g/mol. The SMILES string of the molecule is CC1(C(NN)c2ccc(Cl)c(Cl)c2)CCCC1. The average Bonchev–Trinajstić information content (AvgIpc) is 2.72. The Balaban J connectivity index is 2.31. The zero-order valence-corrected chi connectivity index (χ0v) is 11.5. The van der Waals surface area contributed by atoms with Crippen molar-refractivity contribution in [3.63, 3.8) is 0 Å². The van der Waals surface area contributed by atoms with Crippen molar-refractivity contribution in [1.82, 2.24) is 5.43 Å². The number of nitrogens with one attached hydrogen (secondary N) is 1. The maximum absolute atomic E-state index is 6.07. The molecule has 0 amide bonds. The number of hydrazine groups is 1. The van der Waals surface area contributed by atoms with Gasteiger partial charge in [0.25, 0.3) is 0 Å². The highest BCUT2D eigenvalue weighted by molar-refractivity contribution is 6.42. The summed E-state index contributed by atoms with van der Waals surface area (Å²) >= 11 is 12.0. The van der Waals surface area contributed by atoms with Gasteiger partial charge >= 0.3 is 0 Å². The van der Waals surface area contributed by atoms with Crippen molar-refractivity contribution in [3.8, 4) is 0 Å². The molecule has 17 heavy (non-hydrogen) atoms. The Hall–Kier alpha value is -0.280. The molecule has 94 valence electrons. The van der Waals surface area contributed by atoms with E-state index in [9.17, 15) is 0 Å². The fourth-order valence-corrected chi connectivity index (χ4v) is 3.17. The van der Waals surface area contributed by atoms with Crippen molar-refractivity contribution in [2.45, 2.75) is 38.6 Å². The first-order valence-electron chi connectivity index (χ1n) is 5.98. The van der Waals surface area contributed by atoms with Crippen molar-refractivity contribution in [1.29, 1.82) is 0 Å². The topological polar surface area (TPSA) is 38.0 Å². The zero-order valence-electron chi connectivity index (χ0n) is 9.97. The van der Waals surface area contributed by atoms with Crippen LogP contribution in [0.15, 0.2) is 18.2 Å². The molecule has 1 aliphatic rings. The zero-order chi connectivity index (χ0) is 12.5. The third-order valence-corrected chi connectivity index (χ3v) is 4.63. The van der Waals surface area contributed by atoms with E-state index < -0.39 is 0 Å². The molecule has 4 heteroatoms. The van der Waals surface area contributed by atoms with Crippen molar-refractivity contribution >= 4 is 23.2 Å². The van der Waals surface area contributed by atoms with Gasteiger partial charge in [-0.15, -0.1) is 0 Å². The molecular weight excluding hydrogens is 255 g/mol. The smallest absolute Gasteiger partial charge is 0.0595 e. The van der Waals surface area contributed by atoms with E-state index in [-0.39, 0.29) is 11.5 Å². The Kier molecular flexibility index (Phi) is 3.99. The second kappa shape index (κ2) is 5.15. The van der Waals surface area contributed by atoms with Crippen LogP contribution in [-0.2, 0) is 0 Å². The second-order valence-electron chi connectivity index (χ2n) is 5.13. The summed E-state index contributed by atoms with van der Waals surface area (Å²) in [4.78, 5) is 0. The van der Waals surface area contributed by atoms with Gasteiger partial charge in [-0.2, -0.15) is 0 Å². The molecule has 1 aliphatic carbocycles. The molecule has 0 bridgehead atoms. The largest absolute Gasteiger partial charge is 0.271 e. The van der Waals surface area contributed by atoms with E-state index in [4.69, 9.17) is 29.0 Å². The number of hydrogen-bond acceptors (Lipinski definition) is 2. The highest BCUT2D eigenvalue weighted by Gasteiger charge is 2.37. The van der Waals surface area contributed by atoms with Crippen molar-refractivity contribution in [3.05, 3.63) is 33.8 Å². The summed E-state index contributed by atoms with van der Waals surface area (Å²) in [6.45, 7) is 2.28. The van der Waals surface area contributed by atoms with E-state index in [1.807, 2.05) is 18.2 Å². The lowest BCUT2D eigenvalue weighted by Gasteiger charge is -2.34. The second-order valence-corrected chi connectivity index (χ2v) is 5.95. The lowest BCUT2D eigenvalue weighted by atomic mass is 9.77. The maximum atomic E-state index is 6.07. The van der Waals surface area contributed by atoms with Crippen LogP contribution in [0, 0.1) is 5.41 Å². The van der Waals surface area contributed by atoms with Gasteiger partial charge < -0.3 is 0 Å². The molecule has 0 radical (unpaired) electrons. The van der Waals surface area contributed by atoms with Crippen molar-refractivity contribution < 1.29 is 0 Å². The summed E-state index contributed by atoms with van der Waals surface area (Å²) in [5, 5.41) is 1.17. The first kappa shape index (κ1) is 13.2. The van der Waals surface area contributed by atoms with Gasteiger partial charge in [0, 0.05) is 0 Å². The fourth-order valence-electron chi connectivity index (χ4n) is 2.86. The third kappa shape index (κ3) is 2.60. The summed E-state index contributed by atoms with van der Waals surface area (Å²) < 4.78 is 0. The van der Waals surface area contributed by atoms with Gasteiger partial charge in [0.2, 0.25) is 0 Å². The van der Waals surface area contributed by atoms with E-state index in [0.717, 1.165) is 5.56 Å². The van der Waals surface area contributed by atoms with E-state index in [0.29, 0.717) is 10.0 Å². The number of rotatable bonds is 3. The minimum Gasteiger partial charge on any atom is -0.271 e. The molecule has 0 aliphatic heterocycles. The molecule has 1 aromatic rings. The van der Waals surface area contributed by atoms with Crippen LogP contribution in [0.4, 0.5) is 0 Å². The molecule has 1 atom stereocenters. The Morgan fingerprint density at radius 3 is 2.41 bits per heavy atom. The molecule has 0 spiro atoms. The monoisotopic (exact) mass is 272 g/mol. The van der Waals surface area contributed by atoms with Crippen LogP contribution in [0.3, 0.4) is 0 Å². The molecule has 0 saturated heterocycles. The quantitative estimate of drug-likeness (QED) is 0.643. The van der Waals surface area contributed by atoms with Crippen molar-refractivity contribution in [2.75, 3.05) is 0 Å². The standard InChI is InChI=1S/C13H18Cl2N2/c1-13(6-2-3-7-13)12(17-16)9-4-5-10(14)11(15)8-9/h4-5,8,12,17H,2-3,6-7,16H2,1H3. The summed E-state index contributed by atoms with van der Waals surface area (Å²) in [7, 11) is 0. The Morgan fingerprint density at radius 1 is 1.24 bits per heavy atom. The normalized spacial score (nSPS) is 20.5. The van der Waals surface area contributed by atoms with Crippen LogP contribution in [0.2, 0.25) is 10.0 Å². The molecule has 0 aromatic heterocycles. The fraction of sp³-hybridized carbons (Fsp3) is 0.538. The first-order chi connectivity index (χ1) is 8.07. The molecule has 0 heterocycles. The Bertz CT molecular complexity index is 400. The molecule has 1 unspecified atom stereocenters. The maximum Gasteiger partial charge on any atom is 0.0595 e. The number of nitrogens with two attached hydrogens (primary N) is 1. The minimum atomic E-state index is 0.139. The summed E-state index contributed by atoms with van der Waals surface area (Å²) in [6, 6.07) is 5.89. The highest BCUT2D eigenvalue weighted by Crippen LogP contribution is 2.47. The van der Waals surface area contributed by atoms with Crippen LogP contribution >= 0.6 is 23.2 Å². The predicted octanol–water partition coefficient (Wildman–Crippen LogP) is 4.08. The van der Waals surface area contributed by atoms with E-state index >= 15 is 0 Å².